The number of piperidine rings is 1. The van der Waals surface area contributed by atoms with E-state index in [0.717, 1.165) is 94.0 Å². The number of hydrogen-bond acceptors (Lipinski definition) is 9. The van der Waals surface area contributed by atoms with E-state index in [2.05, 4.69) is 30.5 Å². The van der Waals surface area contributed by atoms with E-state index in [1.165, 1.54) is 0 Å². The maximum absolute atomic E-state index is 16.8. The van der Waals surface area contributed by atoms with Crippen molar-refractivity contribution in [3.8, 4) is 17.1 Å². The Kier molecular flexibility index (Phi) is 6.84. The van der Waals surface area contributed by atoms with E-state index in [1.54, 1.807) is 0 Å². The van der Waals surface area contributed by atoms with Crippen LogP contribution in [0.25, 0.3) is 32.2 Å². The van der Waals surface area contributed by atoms with Gasteiger partial charge in [-0.25, -0.2) is 13.8 Å². The molecule has 0 amide bonds. The Hall–Kier alpha value is -3.36. The number of nitrogen functional groups attached to an aromatic ring is 1. The zero-order chi connectivity index (χ0) is 31.1. The largest absolute Gasteiger partial charge is 0.461 e. The molecule has 4 aromatic rings. The lowest BCUT2D eigenvalue weighted by atomic mass is 9.94. The molecule has 2 unspecified atom stereocenters. The minimum absolute atomic E-state index is 0.0428. The van der Waals surface area contributed by atoms with Crippen LogP contribution in [-0.4, -0.2) is 63.2 Å². The first-order valence-electron chi connectivity index (χ1n) is 15.4. The molecule has 0 radical (unpaired) electrons. The first-order valence-corrected chi connectivity index (χ1v) is 16.3. The fourth-order valence-corrected chi connectivity index (χ4v) is 8.85. The molecule has 14 heteroatoms. The number of hydrogen-bond donors (Lipinski definition) is 3. The number of ether oxygens (including phenoxy) is 1. The van der Waals surface area contributed by atoms with Crippen LogP contribution in [-0.2, 0) is 6.18 Å². The van der Waals surface area contributed by atoms with Crippen molar-refractivity contribution in [1.29, 1.82) is 0 Å². The summed E-state index contributed by atoms with van der Waals surface area (Å²) in [5.41, 5.74) is 2.99. The molecule has 2 bridgehead atoms. The predicted molar refractivity (Wildman–Crippen MR) is 162 cm³/mol. The summed E-state index contributed by atoms with van der Waals surface area (Å²) < 4.78 is 81.8. The number of alkyl halides is 3. The average molecular weight is 646 g/mol. The number of thiazole rings is 1. The van der Waals surface area contributed by atoms with Crippen LogP contribution >= 0.6 is 11.3 Å². The van der Waals surface area contributed by atoms with Gasteiger partial charge in [0.05, 0.1) is 21.3 Å². The van der Waals surface area contributed by atoms with Gasteiger partial charge in [0.15, 0.2) is 10.9 Å². The van der Waals surface area contributed by atoms with Gasteiger partial charge in [0.1, 0.15) is 23.8 Å². The molecule has 2 aromatic heterocycles. The second-order valence-corrected chi connectivity index (χ2v) is 13.9. The SMILES string of the molecule is Nc1nc2c(-c3c(C(F)(F)F)cc4c(NC5CC6CC[C@H](C5)N6)nc(OCC56CCCN5CCC6)nc4c3F)ccc(F)c2s1. The molecule has 45 heavy (non-hydrogen) atoms. The molecule has 4 N–H and O–H groups in total. The van der Waals surface area contributed by atoms with Gasteiger partial charge in [-0.1, -0.05) is 11.3 Å². The van der Waals surface area contributed by atoms with E-state index in [4.69, 9.17) is 10.5 Å². The van der Waals surface area contributed by atoms with Crippen LogP contribution in [0.1, 0.15) is 56.9 Å². The van der Waals surface area contributed by atoms with E-state index in [1.807, 2.05) is 0 Å². The lowest BCUT2D eigenvalue weighted by molar-refractivity contribution is -0.137. The van der Waals surface area contributed by atoms with E-state index in [9.17, 15) is 17.6 Å². The van der Waals surface area contributed by atoms with Gasteiger partial charge in [-0.05, 0) is 82.7 Å². The summed E-state index contributed by atoms with van der Waals surface area (Å²) in [6, 6.07) is 3.44. The lowest BCUT2D eigenvalue weighted by Gasteiger charge is -2.32. The summed E-state index contributed by atoms with van der Waals surface area (Å²) in [6.45, 7) is 2.28. The maximum Gasteiger partial charge on any atom is 0.417 e. The third kappa shape index (κ3) is 4.96. The molecule has 4 saturated heterocycles. The topological polar surface area (TPSA) is 101 Å². The standard InChI is InChI=1S/C31H32F5N7OS/c32-21-6-5-18(25-26(21)45-28(37)40-25)22-20(31(34,35)36)13-19-24(23(22)33)41-29(44-14-30-7-1-9-43(30)10-2-8-30)42-27(19)39-17-11-15-3-4-16(12-17)38-15/h5-6,13,15-17,38H,1-4,7-12,14H2,(H2,37,40)(H,39,41,42)/t15-,16?,17?/m1/s1. The van der Waals surface area contributed by atoms with Crippen molar-refractivity contribution in [3.05, 3.63) is 35.4 Å². The van der Waals surface area contributed by atoms with Gasteiger partial charge in [-0.3, -0.25) is 4.90 Å². The zero-order valence-corrected chi connectivity index (χ0v) is 25.1. The molecule has 4 aliphatic heterocycles. The molecule has 4 aliphatic rings. The van der Waals surface area contributed by atoms with Crippen LogP contribution in [0.2, 0.25) is 0 Å². The molecule has 8 rings (SSSR count). The van der Waals surface area contributed by atoms with E-state index >= 15 is 4.39 Å². The molecule has 4 fully saturated rings. The highest BCUT2D eigenvalue weighted by Crippen LogP contribution is 2.46. The quantitative estimate of drug-likeness (QED) is 0.205. The molecule has 3 atom stereocenters. The van der Waals surface area contributed by atoms with Crippen molar-refractivity contribution in [3.63, 3.8) is 0 Å². The van der Waals surface area contributed by atoms with Gasteiger partial charge >= 0.3 is 12.2 Å². The number of benzene rings is 2. The number of aromatic nitrogens is 3. The highest BCUT2D eigenvalue weighted by molar-refractivity contribution is 7.22. The molecule has 6 heterocycles. The van der Waals surface area contributed by atoms with Crippen molar-refractivity contribution in [2.24, 2.45) is 0 Å². The Bertz CT molecular complexity index is 1790. The number of fused-ring (bicyclic) bond motifs is 5. The molecule has 0 aliphatic carbocycles. The second kappa shape index (κ2) is 10.6. The van der Waals surface area contributed by atoms with Crippen molar-refractivity contribution in [2.45, 2.75) is 81.2 Å². The Morgan fingerprint density at radius 2 is 1.78 bits per heavy atom. The summed E-state index contributed by atoms with van der Waals surface area (Å²) in [5, 5.41) is 6.77. The predicted octanol–water partition coefficient (Wildman–Crippen LogP) is 6.49. The normalized spacial score (nSPS) is 24.5. The van der Waals surface area contributed by atoms with Gasteiger partial charge in [0.25, 0.3) is 0 Å². The number of nitrogens with one attached hydrogen (secondary N) is 2. The number of rotatable bonds is 6. The summed E-state index contributed by atoms with van der Waals surface area (Å²) in [6.07, 6.45) is 2.68. The Labute approximate surface area is 259 Å². The average Bonchev–Trinajstić information content (AvgIpc) is 3.76. The Balaban J connectivity index is 1.29. The van der Waals surface area contributed by atoms with E-state index < -0.39 is 28.9 Å². The number of nitrogens with two attached hydrogens (primary N) is 1. The fourth-order valence-electron chi connectivity index (χ4n) is 8.09. The van der Waals surface area contributed by atoms with Gasteiger partial charge < -0.3 is 21.1 Å². The number of nitrogens with zero attached hydrogens (tertiary/aromatic N) is 4. The highest BCUT2D eigenvalue weighted by Gasteiger charge is 2.45. The molecule has 0 saturated carbocycles. The fraction of sp³-hybridized carbons (Fsp3) is 0.516. The van der Waals surface area contributed by atoms with Crippen LogP contribution in [0.3, 0.4) is 0 Å². The number of anilines is 2. The summed E-state index contributed by atoms with van der Waals surface area (Å²) >= 11 is 0.789. The smallest absolute Gasteiger partial charge is 0.417 e. The molecular weight excluding hydrogens is 613 g/mol. The van der Waals surface area contributed by atoms with Crippen LogP contribution in [0.15, 0.2) is 18.2 Å². The molecule has 238 valence electrons. The number of halogens is 5. The summed E-state index contributed by atoms with van der Waals surface area (Å²) in [4.78, 5) is 15.4. The van der Waals surface area contributed by atoms with Gasteiger partial charge in [-0.15, -0.1) is 0 Å². The maximum atomic E-state index is 16.8. The lowest BCUT2D eigenvalue weighted by Crippen LogP contribution is -2.44. The molecule has 8 nitrogen and oxygen atoms in total. The minimum Gasteiger partial charge on any atom is -0.461 e. The third-order valence-corrected chi connectivity index (χ3v) is 11.0. The van der Waals surface area contributed by atoms with Crippen molar-refractivity contribution >= 4 is 43.4 Å². The highest BCUT2D eigenvalue weighted by atomic mass is 32.1. The van der Waals surface area contributed by atoms with Crippen LogP contribution in [0.4, 0.5) is 32.9 Å². The van der Waals surface area contributed by atoms with E-state index in [-0.39, 0.29) is 55.2 Å². The van der Waals surface area contributed by atoms with Crippen LogP contribution in [0.5, 0.6) is 6.01 Å². The first-order chi connectivity index (χ1) is 21.6. The minimum atomic E-state index is -4.96. The molecular formula is C31H32F5N7OS. The van der Waals surface area contributed by atoms with Crippen LogP contribution in [0, 0.1) is 11.6 Å². The van der Waals surface area contributed by atoms with Crippen molar-refractivity contribution < 1.29 is 26.7 Å². The zero-order valence-electron chi connectivity index (χ0n) is 24.3. The molecule has 0 spiro atoms. The van der Waals surface area contributed by atoms with Gasteiger partial charge in [-0.2, -0.15) is 23.1 Å². The van der Waals surface area contributed by atoms with Gasteiger partial charge in [0.2, 0.25) is 0 Å². The Morgan fingerprint density at radius 3 is 2.49 bits per heavy atom. The van der Waals surface area contributed by atoms with Crippen molar-refractivity contribution in [1.82, 2.24) is 25.2 Å². The monoisotopic (exact) mass is 645 g/mol. The molecule has 2 aromatic carbocycles. The summed E-state index contributed by atoms with van der Waals surface area (Å²) in [7, 11) is 0. The summed E-state index contributed by atoms with van der Waals surface area (Å²) in [5.74, 6) is -1.81. The van der Waals surface area contributed by atoms with Crippen molar-refractivity contribution in [2.75, 3.05) is 30.7 Å². The first kappa shape index (κ1) is 29.1. The second-order valence-electron chi connectivity index (χ2n) is 12.8. The third-order valence-electron chi connectivity index (χ3n) is 10.1. The van der Waals surface area contributed by atoms with E-state index in [0.29, 0.717) is 18.7 Å². The van der Waals surface area contributed by atoms with Crippen LogP contribution < -0.4 is 21.1 Å². The Morgan fingerprint density at radius 1 is 1.04 bits per heavy atom. The van der Waals surface area contributed by atoms with Gasteiger partial charge in [0, 0.05) is 34.6 Å².